The Hall–Kier alpha value is -1.89. The van der Waals surface area contributed by atoms with Crippen LogP contribution in [0.25, 0.3) is 0 Å². The molecule has 1 atom stereocenters. The van der Waals surface area contributed by atoms with Crippen LogP contribution >= 0.6 is 0 Å². The Bertz CT molecular complexity index is 874. The summed E-state index contributed by atoms with van der Waals surface area (Å²) in [5.74, 6) is 0.828. The number of likely N-dealkylation sites (tertiary alicyclic amines) is 1. The Morgan fingerprint density at radius 2 is 1.67 bits per heavy atom. The Balaban J connectivity index is 1.39. The number of hydrogen-bond acceptors (Lipinski definition) is 5. The van der Waals surface area contributed by atoms with Crippen molar-refractivity contribution in [2.45, 2.75) is 37.0 Å². The summed E-state index contributed by atoms with van der Waals surface area (Å²) in [7, 11) is 0.471. The summed E-state index contributed by atoms with van der Waals surface area (Å²) >= 11 is 0. The van der Waals surface area contributed by atoms with Crippen molar-refractivity contribution >= 4 is 15.8 Å². The number of nitrogens with zero attached hydrogens (tertiary/aromatic N) is 2. The summed E-state index contributed by atoms with van der Waals surface area (Å²) in [5.41, 5.74) is 2.68. The third-order valence-electron chi connectivity index (χ3n) is 5.95. The second-order valence-corrected chi connectivity index (χ2v) is 10.2. The molecule has 0 amide bonds. The first-order valence-electron chi connectivity index (χ1n) is 10.8. The van der Waals surface area contributed by atoms with Crippen molar-refractivity contribution < 1.29 is 12.6 Å². The minimum Gasteiger partial charge on any atom is -0.378 e. The third-order valence-corrected chi connectivity index (χ3v) is 7.24. The maximum Gasteiger partial charge on any atom is 0.296 e. The van der Waals surface area contributed by atoms with Gasteiger partial charge in [-0.05, 0) is 80.6 Å². The van der Waals surface area contributed by atoms with Crippen molar-refractivity contribution in [3.63, 3.8) is 0 Å². The van der Waals surface area contributed by atoms with Gasteiger partial charge in [-0.3, -0.25) is 4.18 Å². The van der Waals surface area contributed by atoms with Crippen LogP contribution < -0.4 is 4.90 Å². The molecule has 2 aromatic carbocycles. The highest BCUT2D eigenvalue weighted by atomic mass is 32.2. The van der Waals surface area contributed by atoms with E-state index in [1.54, 1.807) is 30.3 Å². The van der Waals surface area contributed by atoms with Crippen molar-refractivity contribution in [2.24, 2.45) is 5.92 Å². The van der Waals surface area contributed by atoms with Crippen molar-refractivity contribution in [3.8, 4) is 0 Å². The third kappa shape index (κ3) is 6.30. The van der Waals surface area contributed by atoms with E-state index in [0.29, 0.717) is 5.92 Å². The van der Waals surface area contributed by atoms with Gasteiger partial charge in [0.25, 0.3) is 10.1 Å². The summed E-state index contributed by atoms with van der Waals surface area (Å²) < 4.78 is 29.7. The second-order valence-electron chi connectivity index (χ2n) is 8.55. The Morgan fingerprint density at radius 3 is 2.27 bits per heavy atom. The van der Waals surface area contributed by atoms with E-state index in [1.807, 2.05) is 0 Å². The molecule has 5 nitrogen and oxygen atoms in total. The topological polar surface area (TPSA) is 49.9 Å². The molecule has 1 saturated heterocycles. The first kappa shape index (κ1) is 22.8. The molecule has 0 saturated carbocycles. The van der Waals surface area contributed by atoms with Crippen molar-refractivity contribution in [3.05, 3.63) is 60.2 Å². The van der Waals surface area contributed by atoms with Crippen LogP contribution in [-0.2, 0) is 14.3 Å². The molecule has 6 heteroatoms. The molecule has 0 N–H and O–H groups in total. The lowest BCUT2D eigenvalue weighted by Gasteiger charge is -2.33. The largest absolute Gasteiger partial charge is 0.378 e. The fraction of sp³-hybridized carbons (Fsp3) is 0.500. The molecule has 3 rings (SSSR count). The highest BCUT2D eigenvalue weighted by Gasteiger charge is 2.21. The smallest absolute Gasteiger partial charge is 0.296 e. The van der Waals surface area contributed by atoms with E-state index < -0.39 is 10.1 Å². The van der Waals surface area contributed by atoms with Crippen molar-refractivity contribution in [2.75, 3.05) is 45.2 Å². The van der Waals surface area contributed by atoms with E-state index in [9.17, 15) is 8.42 Å². The lowest BCUT2D eigenvalue weighted by molar-refractivity contribution is 0.184. The first-order chi connectivity index (χ1) is 14.3. The van der Waals surface area contributed by atoms with Crippen molar-refractivity contribution in [1.29, 1.82) is 0 Å². The standard InChI is InChI=1S/C24H34N2O3S/c1-20(19-29-30(27,28)24-7-5-4-6-8-24)13-16-26-17-14-22(15-18-26)21-9-11-23(12-10-21)25(2)3/h4-12,20,22H,13-19H2,1-3H3. The van der Waals surface area contributed by atoms with E-state index >= 15 is 0 Å². The first-order valence-corrected chi connectivity index (χ1v) is 12.2. The summed E-state index contributed by atoms with van der Waals surface area (Å²) in [4.78, 5) is 4.84. The minimum atomic E-state index is -3.66. The van der Waals surface area contributed by atoms with Gasteiger partial charge < -0.3 is 9.80 Å². The van der Waals surface area contributed by atoms with Gasteiger partial charge in [0.2, 0.25) is 0 Å². The van der Waals surface area contributed by atoms with Gasteiger partial charge in [-0.15, -0.1) is 0 Å². The fourth-order valence-corrected chi connectivity index (χ4v) is 4.92. The van der Waals surface area contributed by atoms with Crippen LogP contribution in [0.1, 0.15) is 37.7 Å². The Kier molecular flexibility index (Phi) is 7.92. The predicted octanol–water partition coefficient (Wildman–Crippen LogP) is 4.36. The maximum atomic E-state index is 12.2. The van der Waals surface area contributed by atoms with Gasteiger partial charge >= 0.3 is 0 Å². The van der Waals surface area contributed by atoms with Gasteiger partial charge in [-0.25, -0.2) is 0 Å². The van der Waals surface area contributed by atoms with Gasteiger partial charge in [0.05, 0.1) is 11.5 Å². The number of hydrogen-bond donors (Lipinski definition) is 0. The van der Waals surface area contributed by atoms with Crippen LogP contribution in [0.4, 0.5) is 5.69 Å². The lowest BCUT2D eigenvalue weighted by Crippen LogP contribution is -2.34. The highest BCUT2D eigenvalue weighted by Crippen LogP contribution is 2.29. The van der Waals surface area contributed by atoms with Crippen LogP contribution in [-0.4, -0.2) is 53.7 Å². The number of anilines is 1. The number of benzene rings is 2. The van der Waals surface area contributed by atoms with Crippen LogP contribution in [0.5, 0.6) is 0 Å². The zero-order chi connectivity index (χ0) is 21.6. The molecular formula is C24H34N2O3S. The Labute approximate surface area is 181 Å². The number of rotatable bonds is 9. The SMILES string of the molecule is CC(CCN1CCC(c2ccc(N(C)C)cc2)CC1)COS(=O)(=O)c1ccccc1. The molecule has 164 valence electrons. The molecule has 1 fully saturated rings. The lowest BCUT2D eigenvalue weighted by atomic mass is 9.89. The van der Waals surface area contributed by atoms with Gasteiger partial charge in [0, 0.05) is 19.8 Å². The van der Waals surface area contributed by atoms with Gasteiger partial charge in [-0.1, -0.05) is 37.3 Å². The molecule has 0 bridgehead atoms. The van der Waals surface area contributed by atoms with E-state index in [2.05, 4.69) is 55.1 Å². The van der Waals surface area contributed by atoms with Crippen LogP contribution in [0.15, 0.2) is 59.5 Å². The molecule has 1 aliphatic rings. The van der Waals surface area contributed by atoms with Gasteiger partial charge in [0.1, 0.15) is 0 Å². The molecule has 0 aliphatic carbocycles. The fourth-order valence-electron chi connectivity index (χ4n) is 3.88. The summed E-state index contributed by atoms with van der Waals surface area (Å²) in [6.45, 7) is 5.46. The zero-order valence-electron chi connectivity index (χ0n) is 18.3. The second kappa shape index (κ2) is 10.4. The van der Waals surface area contributed by atoms with E-state index in [0.717, 1.165) is 26.1 Å². The summed E-state index contributed by atoms with van der Waals surface area (Å²) in [5, 5.41) is 0. The quantitative estimate of drug-likeness (QED) is 0.553. The molecule has 30 heavy (non-hydrogen) atoms. The summed E-state index contributed by atoms with van der Waals surface area (Å²) in [6.07, 6.45) is 3.29. The molecular weight excluding hydrogens is 396 g/mol. The average molecular weight is 431 g/mol. The monoisotopic (exact) mass is 430 g/mol. The van der Waals surface area contributed by atoms with Gasteiger partial charge in [-0.2, -0.15) is 8.42 Å². The van der Waals surface area contributed by atoms with Crippen LogP contribution in [0.2, 0.25) is 0 Å². The molecule has 1 aliphatic heterocycles. The molecule has 1 heterocycles. The molecule has 0 spiro atoms. The molecule has 2 aromatic rings. The van der Waals surface area contributed by atoms with E-state index in [4.69, 9.17) is 4.18 Å². The molecule has 1 unspecified atom stereocenters. The minimum absolute atomic E-state index is 0.194. The maximum absolute atomic E-state index is 12.2. The summed E-state index contributed by atoms with van der Waals surface area (Å²) in [6, 6.07) is 17.3. The average Bonchev–Trinajstić information content (AvgIpc) is 2.77. The highest BCUT2D eigenvalue weighted by molar-refractivity contribution is 7.86. The van der Waals surface area contributed by atoms with Crippen LogP contribution in [0.3, 0.4) is 0 Å². The van der Waals surface area contributed by atoms with Crippen molar-refractivity contribution in [1.82, 2.24) is 4.90 Å². The van der Waals surface area contributed by atoms with E-state index in [1.165, 1.54) is 24.1 Å². The normalized spacial score (nSPS) is 17.0. The Morgan fingerprint density at radius 1 is 1.03 bits per heavy atom. The van der Waals surface area contributed by atoms with Gasteiger partial charge in [0.15, 0.2) is 0 Å². The molecule has 0 radical (unpaired) electrons. The zero-order valence-corrected chi connectivity index (χ0v) is 19.1. The van der Waals surface area contributed by atoms with E-state index in [-0.39, 0.29) is 17.4 Å². The number of piperidine rings is 1. The van der Waals surface area contributed by atoms with Crippen LogP contribution in [0, 0.1) is 5.92 Å². The predicted molar refractivity (Wildman–Crippen MR) is 123 cm³/mol. The molecule has 0 aromatic heterocycles.